The first kappa shape index (κ1) is 18.8. The van der Waals surface area contributed by atoms with Gasteiger partial charge in [-0.15, -0.1) is 0 Å². The summed E-state index contributed by atoms with van der Waals surface area (Å²) in [6.45, 7) is 3.33. The van der Waals surface area contributed by atoms with E-state index in [1.54, 1.807) is 30.0 Å². The SMILES string of the molecule is COC(=O)[C@@H](C)[C@@H]1c2cc(Br)ccc2OC(=O)[C@H]1C(=O)N1CCOCC1. The summed E-state index contributed by atoms with van der Waals surface area (Å²) < 4.78 is 16.3. The van der Waals surface area contributed by atoms with Crippen molar-refractivity contribution in [3.8, 4) is 5.75 Å². The number of carbonyl (C=O) groups is 3. The van der Waals surface area contributed by atoms with Crippen LogP contribution in [0.15, 0.2) is 22.7 Å². The molecular formula is C18H20BrNO6. The zero-order valence-corrected chi connectivity index (χ0v) is 16.2. The van der Waals surface area contributed by atoms with E-state index in [-0.39, 0.29) is 5.91 Å². The molecule has 2 aliphatic rings. The van der Waals surface area contributed by atoms with E-state index in [0.29, 0.717) is 37.6 Å². The van der Waals surface area contributed by atoms with E-state index in [1.807, 2.05) is 0 Å². The molecule has 0 unspecified atom stereocenters. The first-order valence-corrected chi connectivity index (χ1v) is 9.19. The molecule has 0 radical (unpaired) electrons. The van der Waals surface area contributed by atoms with E-state index in [0.717, 1.165) is 4.47 Å². The Morgan fingerprint density at radius 3 is 2.65 bits per heavy atom. The number of benzene rings is 1. The normalized spacial score (nSPS) is 23.7. The quantitative estimate of drug-likeness (QED) is 0.416. The van der Waals surface area contributed by atoms with Crippen LogP contribution in [0.2, 0.25) is 0 Å². The number of methoxy groups -OCH3 is 1. The third-order valence-corrected chi connectivity index (χ3v) is 5.35. The minimum absolute atomic E-state index is 0.343. The number of halogens is 1. The molecule has 8 heteroatoms. The van der Waals surface area contributed by atoms with Crippen molar-refractivity contribution >= 4 is 33.8 Å². The Bertz CT molecular complexity index is 730. The molecule has 26 heavy (non-hydrogen) atoms. The van der Waals surface area contributed by atoms with Crippen LogP contribution in [0.4, 0.5) is 0 Å². The molecule has 0 aliphatic carbocycles. The van der Waals surface area contributed by atoms with Gasteiger partial charge < -0.3 is 19.1 Å². The number of ether oxygens (including phenoxy) is 3. The van der Waals surface area contributed by atoms with Gasteiger partial charge in [0.05, 0.1) is 26.2 Å². The number of esters is 2. The van der Waals surface area contributed by atoms with Crippen molar-refractivity contribution < 1.29 is 28.6 Å². The highest BCUT2D eigenvalue weighted by Gasteiger charge is 2.48. The first-order valence-electron chi connectivity index (χ1n) is 8.39. The van der Waals surface area contributed by atoms with E-state index < -0.39 is 29.7 Å². The van der Waals surface area contributed by atoms with E-state index in [2.05, 4.69) is 15.9 Å². The summed E-state index contributed by atoms with van der Waals surface area (Å²) in [4.78, 5) is 39.6. The van der Waals surface area contributed by atoms with Gasteiger partial charge in [-0.25, -0.2) is 0 Å². The highest BCUT2D eigenvalue weighted by Crippen LogP contribution is 2.44. The molecule has 7 nitrogen and oxygen atoms in total. The van der Waals surface area contributed by atoms with Gasteiger partial charge in [-0.3, -0.25) is 14.4 Å². The second-order valence-corrected chi connectivity index (χ2v) is 7.27. The Kier molecular flexibility index (Phi) is 5.62. The number of hydrogen-bond acceptors (Lipinski definition) is 6. The zero-order valence-electron chi connectivity index (χ0n) is 14.6. The number of morpholine rings is 1. The lowest BCUT2D eigenvalue weighted by molar-refractivity contribution is -0.157. The number of carbonyl (C=O) groups excluding carboxylic acids is 3. The summed E-state index contributed by atoms with van der Waals surface area (Å²) in [7, 11) is 1.29. The smallest absolute Gasteiger partial charge is 0.324 e. The Balaban J connectivity index is 2.03. The molecule has 1 amide bonds. The molecule has 0 bridgehead atoms. The summed E-state index contributed by atoms with van der Waals surface area (Å²) in [6.07, 6.45) is 0. The second kappa shape index (κ2) is 7.75. The molecule has 0 aromatic heterocycles. The van der Waals surface area contributed by atoms with Crippen molar-refractivity contribution in [2.45, 2.75) is 12.8 Å². The van der Waals surface area contributed by atoms with Crippen molar-refractivity contribution in [2.75, 3.05) is 33.4 Å². The molecule has 1 aromatic rings. The van der Waals surface area contributed by atoms with Gasteiger partial charge in [0.1, 0.15) is 11.7 Å². The summed E-state index contributed by atoms with van der Waals surface area (Å²) in [5.74, 6) is -3.53. The maximum absolute atomic E-state index is 13.1. The van der Waals surface area contributed by atoms with Gasteiger partial charge in [0.25, 0.3) is 0 Å². The minimum Gasteiger partial charge on any atom is -0.469 e. The predicted octanol–water partition coefficient (Wildman–Crippen LogP) is 1.74. The summed E-state index contributed by atoms with van der Waals surface area (Å²) in [5.41, 5.74) is 0.642. The van der Waals surface area contributed by atoms with Crippen LogP contribution < -0.4 is 4.74 Å². The van der Waals surface area contributed by atoms with Crippen molar-refractivity contribution in [3.05, 3.63) is 28.2 Å². The van der Waals surface area contributed by atoms with Gasteiger partial charge in [0.15, 0.2) is 0 Å². The molecule has 0 saturated carbocycles. The topological polar surface area (TPSA) is 82.1 Å². The molecule has 3 atom stereocenters. The number of nitrogens with zero attached hydrogens (tertiary/aromatic N) is 1. The van der Waals surface area contributed by atoms with Gasteiger partial charge in [-0.05, 0) is 18.2 Å². The van der Waals surface area contributed by atoms with E-state index in [1.165, 1.54) is 7.11 Å². The molecular weight excluding hydrogens is 406 g/mol. The molecule has 1 saturated heterocycles. The Morgan fingerprint density at radius 2 is 2.00 bits per heavy atom. The van der Waals surface area contributed by atoms with Crippen LogP contribution in [0.25, 0.3) is 0 Å². The maximum atomic E-state index is 13.1. The number of amides is 1. The Morgan fingerprint density at radius 1 is 1.31 bits per heavy atom. The van der Waals surface area contributed by atoms with Crippen LogP contribution in [0.5, 0.6) is 5.75 Å². The number of rotatable bonds is 3. The van der Waals surface area contributed by atoms with Gasteiger partial charge in [0.2, 0.25) is 5.91 Å². The highest BCUT2D eigenvalue weighted by atomic mass is 79.9. The Labute approximate surface area is 159 Å². The summed E-state index contributed by atoms with van der Waals surface area (Å²) >= 11 is 3.40. The van der Waals surface area contributed by atoms with Gasteiger partial charge >= 0.3 is 11.9 Å². The lowest BCUT2D eigenvalue weighted by Crippen LogP contribution is -2.50. The van der Waals surface area contributed by atoms with Crippen LogP contribution in [-0.4, -0.2) is 56.2 Å². The molecule has 3 rings (SSSR count). The van der Waals surface area contributed by atoms with Crippen LogP contribution in [0, 0.1) is 11.8 Å². The zero-order chi connectivity index (χ0) is 18.8. The monoisotopic (exact) mass is 425 g/mol. The van der Waals surface area contributed by atoms with Crippen LogP contribution in [0.1, 0.15) is 18.4 Å². The predicted molar refractivity (Wildman–Crippen MR) is 94.6 cm³/mol. The fraction of sp³-hybridized carbons (Fsp3) is 0.500. The fourth-order valence-electron chi connectivity index (χ4n) is 3.50. The third kappa shape index (κ3) is 3.48. The molecule has 140 valence electrons. The third-order valence-electron chi connectivity index (χ3n) is 4.86. The van der Waals surface area contributed by atoms with Crippen LogP contribution >= 0.6 is 15.9 Å². The van der Waals surface area contributed by atoms with Crippen molar-refractivity contribution in [1.29, 1.82) is 0 Å². The lowest BCUT2D eigenvalue weighted by Gasteiger charge is -2.37. The van der Waals surface area contributed by atoms with Crippen LogP contribution in [-0.2, 0) is 23.9 Å². The number of hydrogen-bond donors (Lipinski definition) is 0. The lowest BCUT2D eigenvalue weighted by atomic mass is 9.75. The largest absolute Gasteiger partial charge is 0.469 e. The molecule has 2 aliphatic heterocycles. The molecule has 0 N–H and O–H groups in total. The minimum atomic E-state index is -1.09. The molecule has 1 aromatic carbocycles. The summed E-state index contributed by atoms with van der Waals surface area (Å²) in [6, 6.07) is 5.19. The average molecular weight is 426 g/mol. The van der Waals surface area contributed by atoms with Gasteiger partial charge in [-0.1, -0.05) is 22.9 Å². The molecule has 2 heterocycles. The molecule has 1 fully saturated rings. The first-order chi connectivity index (χ1) is 12.4. The maximum Gasteiger partial charge on any atom is 0.324 e. The average Bonchev–Trinajstić information content (AvgIpc) is 2.66. The Hall–Kier alpha value is -1.93. The molecule has 0 spiro atoms. The van der Waals surface area contributed by atoms with Crippen molar-refractivity contribution in [3.63, 3.8) is 0 Å². The number of fused-ring (bicyclic) bond motifs is 1. The van der Waals surface area contributed by atoms with E-state index in [4.69, 9.17) is 14.2 Å². The van der Waals surface area contributed by atoms with Crippen molar-refractivity contribution in [1.82, 2.24) is 4.90 Å². The highest BCUT2D eigenvalue weighted by molar-refractivity contribution is 9.10. The summed E-state index contributed by atoms with van der Waals surface area (Å²) in [5, 5.41) is 0. The van der Waals surface area contributed by atoms with E-state index in [9.17, 15) is 14.4 Å². The van der Waals surface area contributed by atoms with Crippen molar-refractivity contribution in [2.24, 2.45) is 11.8 Å². The fourth-order valence-corrected chi connectivity index (χ4v) is 3.87. The van der Waals surface area contributed by atoms with E-state index >= 15 is 0 Å². The van der Waals surface area contributed by atoms with Gasteiger partial charge in [-0.2, -0.15) is 0 Å². The second-order valence-electron chi connectivity index (χ2n) is 6.36. The van der Waals surface area contributed by atoms with Gasteiger partial charge in [0, 0.05) is 29.0 Å². The standard InChI is InChI=1S/C18H20BrNO6/c1-10(17(22)24-2)14-12-9-11(19)3-4-13(12)26-18(23)15(14)16(21)20-5-7-25-8-6-20/h3-4,9-10,14-15H,5-8H2,1-2H3/t10-,14+,15+/m0/s1. The van der Waals surface area contributed by atoms with Crippen LogP contribution in [0.3, 0.4) is 0 Å².